The van der Waals surface area contributed by atoms with Gasteiger partial charge in [0.2, 0.25) is 10.0 Å². The molecule has 2 aliphatic carbocycles. The highest BCUT2D eigenvalue weighted by atomic mass is 32.2. The molecule has 6 heteroatoms. The van der Waals surface area contributed by atoms with Crippen LogP contribution in [0.25, 0.3) is 0 Å². The molecule has 0 spiro atoms. The molecule has 0 radical (unpaired) electrons. The van der Waals surface area contributed by atoms with Crippen LogP contribution in [0.4, 0.5) is 0 Å². The maximum Gasteiger partial charge on any atom is 0.306 e. The zero-order valence-electron chi connectivity index (χ0n) is 9.93. The van der Waals surface area contributed by atoms with Crippen LogP contribution in [0.5, 0.6) is 0 Å². The van der Waals surface area contributed by atoms with Crippen molar-refractivity contribution in [3.8, 4) is 0 Å². The monoisotopic (exact) mass is 261 g/mol. The summed E-state index contributed by atoms with van der Waals surface area (Å²) in [7, 11) is -3.19. The van der Waals surface area contributed by atoms with E-state index in [0.29, 0.717) is 12.8 Å². The van der Waals surface area contributed by atoms with Gasteiger partial charge in [0.1, 0.15) is 0 Å². The van der Waals surface area contributed by atoms with Crippen molar-refractivity contribution in [2.75, 3.05) is 0 Å². The lowest BCUT2D eigenvalue weighted by molar-refractivity contribution is -0.143. The van der Waals surface area contributed by atoms with Crippen LogP contribution in [0, 0.1) is 11.8 Å². The molecule has 2 rings (SSSR count). The Morgan fingerprint density at radius 1 is 1.35 bits per heavy atom. The van der Waals surface area contributed by atoms with E-state index in [9.17, 15) is 13.2 Å². The number of hydrogen-bond acceptors (Lipinski definition) is 3. The molecule has 0 aliphatic heterocycles. The lowest BCUT2D eigenvalue weighted by Gasteiger charge is -2.12. The number of carbonyl (C=O) groups is 1. The summed E-state index contributed by atoms with van der Waals surface area (Å²) < 4.78 is 26.2. The van der Waals surface area contributed by atoms with Gasteiger partial charge in [0.05, 0.1) is 11.2 Å². The molecule has 0 aromatic rings. The fourth-order valence-electron chi connectivity index (χ4n) is 2.68. The fraction of sp³-hybridized carbons (Fsp3) is 0.909. The van der Waals surface area contributed by atoms with Crippen LogP contribution < -0.4 is 4.72 Å². The van der Waals surface area contributed by atoms with Crippen molar-refractivity contribution in [3.05, 3.63) is 0 Å². The second-order valence-corrected chi connectivity index (χ2v) is 7.14. The molecule has 0 bridgehead atoms. The maximum atomic E-state index is 11.8. The van der Waals surface area contributed by atoms with Crippen LogP contribution in [0.3, 0.4) is 0 Å². The van der Waals surface area contributed by atoms with Crippen molar-refractivity contribution < 1.29 is 18.3 Å². The van der Waals surface area contributed by atoms with Gasteiger partial charge in [-0.2, -0.15) is 0 Å². The van der Waals surface area contributed by atoms with Gasteiger partial charge in [0.25, 0.3) is 0 Å². The summed E-state index contributed by atoms with van der Waals surface area (Å²) in [6.45, 7) is 1.96. The lowest BCUT2D eigenvalue weighted by atomic mass is 9.94. The topological polar surface area (TPSA) is 83.5 Å². The van der Waals surface area contributed by atoms with E-state index in [1.165, 1.54) is 0 Å². The molecule has 3 atom stereocenters. The normalized spacial score (nSPS) is 33.8. The van der Waals surface area contributed by atoms with Crippen LogP contribution >= 0.6 is 0 Å². The van der Waals surface area contributed by atoms with E-state index >= 15 is 0 Å². The molecule has 0 heterocycles. The Labute approximate surface area is 102 Å². The SMILES string of the molecule is CC[C@H]1C[C@@H](NS(=O)(=O)C2CC2)C[C@@H]1C(=O)O. The van der Waals surface area contributed by atoms with Gasteiger partial charge in [0.15, 0.2) is 0 Å². The van der Waals surface area contributed by atoms with Crippen molar-refractivity contribution in [1.29, 1.82) is 0 Å². The van der Waals surface area contributed by atoms with Crippen LogP contribution in [-0.2, 0) is 14.8 Å². The average molecular weight is 261 g/mol. The third kappa shape index (κ3) is 2.80. The lowest BCUT2D eigenvalue weighted by Crippen LogP contribution is -2.35. The Kier molecular flexibility index (Phi) is 3.45. The second-order valence-electron chi connectivity index (χ2n) is 5.14. The smallest absolute Gasteiger partial charge is 0.306 e. The maximum absolute atomic E-state index is 11.8. The Morgan fingerprint density at radius 2 is 2.00 bits per heavy atom. The number of carboxylic acid groups (broad SMARTS) is 1. The highest BCUT2D eigenvalue weighted by Gasteiger charge is 2.42. The summed E-state index contributed by atoms with van der Waals surface area (Å²) in [5, 5.41) is 8.85. The Balaban J connectivity index is 1.98. The zero-order valence-corrected chi connectivity index (χ0v) is 10.7. The number of rotatable bonds is 5. The summed E-state index contributed by atoms with van der Waals surface area (Å²) >= 11 is 0. The first-order chi connectivity index (χ1) is 7.94. The molecular weight excluding hydrogens is 242 g/mol. The molecule has 0 saturated heterocycles. The van der Waals surface area contributed by atoms with Gasteiger partial charge in [-0.1, -0.05) is 13.3 Å². The number of nitrogens with one attached hydrogen (secondary N) is 1. The number of sulfonamides is 1. The number of carboxylic acids is 1. The standard InChI is InChI=1S/C11H19NO4S/c1-2-7-5-8(6-10(7)11(13)14)12-17(15,16)9-3-4-9/h7-10,12H,2-6H2,1H3,(H,13,14)/t7-,8+,10-/m0/s1. The average Bonchev–Trinajstić information content (AvgIpc) is 3.01. The van der Waals surface area contributed by atoms with E-state index in [4.69, 9.17) is 5.11 Å². The third-order valence-corrected chi connectivity index (χ3v) is 5.84. The van der Waals surface area contributed by atoms with Gasteiger partial charge in [0, 0.05) is 6.04 Å². The van der Waals surface area contributed by atoms with E-state index in [1.807, 2.05) is 6.92 Å². The van der Waals surface area contributed by atoms with E-state index in [1.54, 1.807) is 0 Å². The molecule has 2 saturated carbocycles. The Hall–Kier alpha value is -0.620. The Morgan fingerprint density at radius 3 is 2.41 bits per heavy atom. The van der Waals surface area contributed by atoms with E-state index in [-0.39, 0.29) is 17.2 Å². The molecule has 2 aliphatic rings. The first-order valence-electron chi connectivity index (χ1n) is 6.18. The first kappa shape index (κ1) is 12.8. The van der Waals surface area contributed by atoms with Gasteiger partial charge in [-0.25, -0.2) is 13.1 Å². The molecular formula is C11H19NO4S. The van der Waals surface area contributed by atoms with Crippen LogP contribution in [0.15, 0.2) is 0 Å². The molecule has 0 aromatic heterocycles. The molecule has 5 nitrogen and oxygen atoms in total. The van der Waals surface area contributed by atoms with Gasteiger partial charge >= 0.3 is 5.97 Å². The molecule has 2 fully saturated rings. The van der Waals surface area contributed by atoms with E-state index in [0.717, 1.165) is 19.3 Å². The van der Waals surface area contributed by atoms with Crippen molar-refractivity contribution in [2.45, 2.75) is 50.3 Å². The summed E-state index contributed by atoms with van der Waals surface area (Å²) in [5.41, 5.74) is 0. The first-order valence-corrected chi connectivity index (χ1v) is 7.72. The number of aliphatic carboxylic acids is 1. The highest BCUT2D eigenvalue weighted by molar-refractivity contribution is 7.90. The number of hydrogen-bond donors (Lipinski definition) is 2. The van der Waals surface area contributed by atoms with E-state index in [2.05, 4.69) is 4.72 Å². The van der Waals surface area contributed by atoms with E-state index < -0.39 is 21.9 Å². The largest absolute Gasteiger partial charge is 0.481 e. The summed E-state index contributed by atoms with van der Waals surface area (Å²) in [6, 6.07) is -0.188. The predicted octanol–water partition coefficient (Wildman–Crippen LogP) is 0.958. The minimum Gasteiger partial charge on any atom is -0.481 e. The summed E-state index contributed by atoms with van der Waals surface area (Å²) in [4.78, 5) is 11.1. The minimum absolute atomic E-state index is 0.0967. The molecule has 0 aromatic carbocycles. The zero-order chi connectivity index (χ0) is 12.6. The Bertz CT molecular complexity index is 402. The molecule has 0 unspecified atom stereocenters. The van der Waals surface area contributed by atoms with Crippen molar-refractivity contribution in [2.24, 2.45) is 11.8 Å². The van der Waals surface area contributed by atoms with Gasteiger partial charge < -0.3 is 5.11 Å². The van der Waals surface area contributed by atoms with Gasteiger partial charge in [-0.05, 0) is 31.6 Å². The highest BCUT2D eigenvalue weighted by Crippen LogP contribution is 2.36. The predicted molar refractivity (Wildman–Crippen MR) is 63.0 cm³/mol. The fourth-order valence-corrected chi connectivity index (χ4v) is 4.29. The second kappa shape index (κ2) is 4.57. The minimum atomic E-state index is -3.19. The van der Waals surface area contributed by atoms with Gasteiger partial charge in [-0.3, -0.25) is 4.79 Å². The van der Waals surface area contributed by atoms with Crippen LogP contribution in [-0.4, -0.2) is 30.8 Å². The molecule has 17 heavy (non-hydrogen) atoms. The molecule has 98 valence electrons. The third-order valence-electron chi connectivity index (χ3n) is 3.83. The van der Waals surface area contributed by atoms with Crippen LogP contribution in [0.2, 0.25) is 0 Å². The van der Waals surface area contributed by atoms with Crippen LogP contribution in [0.1, 0.15) is 39.0 Å². The van der Waals surface area contributed by atoms with Crippen molar-refractivity contribution >= 4 is 16.0 Å². The summed E-state index contributed by atoms with van der Waals surface area (Å²) in [5.74, 6) is -1.10. The van der Waals surface area contributed by atoms with Crippen molar-refractivity contribution in [1.82, 2.24) is 4.72 Å². The molecule has 2 N–H and O–H groups in total. The van der Waals surface area contributed by atoms with Gasteiger partial charge in [-0.15, -0.1) is 0 Å². The summed E-state index contributed by atoms with van der Waals surface area (Å²) in [6.07, 6.45) is 3.35. The quantitative estimate of drug-likeness (QED) is 0.772. The van der Waals surface area contributed by atoms with Crippen molar-refractivity contribution in [3.63, 3.8) is 0 Å². The molecule has 0 amide bonds.